The van der Waals surface area contributed by atoms with Crippen molar-refractivity contribution in [2.24, 2.45) is 0 Å². The van der Waals surface area contributed by atoms with Crippen molar-refractivity contribution < 1.29 is 14.3 Å². The van der Waals surface area contributed by atoms with E-state index in [-0.39, 0.29) is 18.6 Å². The predicted molar refractivity (Wildman–Crippen MR) is 101 cm³/mol. The number of ether oxygens (including phenoxy) is 2. The number of rotatable bonds is 7. The molecule has 0 heterocycles. The molecule has 0 bridgehead atoms. The lowest BCUT2D eigenvalue weighted by Gasteiger charge is -2.13. The van der Waals surface area contributed by atoms with Crippen LogP contribution in [0.2, 0.25) is 5.02 Å². The van der Waals surface area contributed by atoms with Crippen molar-refractivity contribution in [3.63, 3.8) is 0 Å². The first-order chi connectivity index (χ1) is 12.5. The van der Waals surface area contributed by atoms with E-state index in [0.717, 1.165) is 11.1 Å². The first-order valence-electron chi connectivity index (χ1n) is 7.95. The smallest absolute Gasteiger partial charge is 0.244 e. The Morgan fingerprint density at radius 2 is 2.12 bits per heavy atom. The zero-order valence-corrected chi connectivity index (χ0v) is 15.3. The molecule has 6 heteroatoms. The van der Waals surface area contributed by atoms with Gasteiger partial charge in [0.25, 0.3) is 0 Å². The van der Waals surface area contributed by atoms with Crippen molar-refractivity contribution in [2.45, 2.75) is 13.0 Å². The zero-order valence-electron chi connectivity index (χ0n) is 14.5. The molecule has 2 aromatic carbocycles. The molecular formula is C20H19ClN2O3. The Morgan fingerprint density at radius 1 is 1.31 bits per heavy atom. The fourth-order valence-electron chi connectivity index (χ4n) is 2.31. The van der Waals surface area contributed by atoms with Crippen molar-refractivity contribution in [1.29, 1.82) is 5.26 Å². The summed E-state index contributed by atoms with van der Waals surface area (Å²) in [5.74, 6) is 0.751. The van der Waals surface area contributed by atoms with E-state index in [4.69, 9.17) is 26.3 Å². The van der Waals surface area contributed by atoms with Crippen LogP contribution in [0.3, 0.4) is 0 Å². The number of hydrogen-bond donors (Lipinski definition) is 1. The minimum absolute atomic E-state index is 0.0602. The maximum absolute atomic E-state index is 12.1. The maximum Gasteiger partial charge on any atom is 0.244 e. The minimum atomic E-state index is -0.221. The Balaban J connectivity index is 2.02. The number of nitrogens with zero attached hydrogens (tertiary/aromatic N) is 1. The summed E-state index contributed by atoms with van der Waals surface area (Å²) in [7, 11) is 1.52. The number of halogens is 1. The molecule has 0 aliphatic heterocycles. The van der Waals surface area contributed by atoms with Gasteiger partial charge in [-0.15, -0.1) is 0 Å². The molecule has 26 heavy (non-hydrogen) atoms. The monoisotopic (exact) mass is 370 g/mol. The van der Waals surface area contributed by atoms with Crippen LogP contribution >= 0.6 is 11.6 Å². The quantitative estimate of drug-likeness (QED) is 0.743. The van der Waals surface area contributed by atoms with Gasteiger partial charge in [0.15, 0.2) is 18.1 Å². The molecule has 5 nitrogen and oxygen atoms in total. The molecule has 2 rings (SSSR count). The van der Waals surface area contributed by atoms with Gasteiger partial charge in [0.2, 0.25) is 5.91 Å². The van der Waals surface area contributed by atoms with Crippen LogP contribution in [0.4, 0.5) is 0 Å². The first-order valence-corrected chi connectivity index (χ1v) is 8.33. The fourth-order valence-corrected chi connectivity index (χ4v) is 2.51. The molecule has 134 valence electrons. The third-order valence-electron chi connectivity index (χ3n) is 3.61. The number of nitriles is 1. The summed E-state index contributed by atoms with van der Waals surface area (Å²) in [6.07, 6.45) is 3.13. The van der Waals surface area contributed by atoms with Crippen LogP contribution < -0.4 is 14.8 Å². The normalized spacial score (nSPS) is 11.6. The van der Waals surface area contributed by atoms with E-state index in [1.807, 2.05) is 31.2 Å². The number of methoxy groups -OCH3 is 1. The first kappa shape index (κ1) is 19.4. The molecule has 0 spiro atoms. The van der Waals surface area contributed by atoms with Crippen molar-refractivity contribution in [2.75, 3.05) is 13.7 Å². The van der Waals surface area contributed by atoms with Gasteiger partial charge in [-0.2, -0.15) is 5.26 Å². The molecular weight excluding hydrogens is 352 g/mol. The van der Waals surface area contributed by atoms with Gasteiger partial charge in [-0.05, 0) is 48.4 Å². The average molecular weight is 371 g/mol. The number of carbonyl (C=O) groups is 1. The van der Waals surface area contributed by atoms with Gasteiger partial charge < -0.3 is 14.8 Å². The summed E-state index contributed by atoms with van der Waals surface area (Å²) in [5.41, 5.74) is 1.71. The average Bonchev–Trinajstić information content (AvgIpc) is 2.64. The summed E-state index contributed by atoms with van der Waals surface area (Å²) < 4.78 is 10.5. The van der Waals surface area contributed by atoms with Crippen molar-refractivity contribution >= 4 is 23.6 Å². The van der Waals surface area contributed by atoms with Crippen LogP contribution in [0.1, 0.15) is 24.1 Å². The van der Waals surface area contributed by atoms with Gasteiger partial charge >= 0.3 is 0 Å². The van der Waals surface area contributed by atoms with Crippen LogP contribution in [0.5, 0.6) is 11.5 Å². The van der Waals surface area contributed by atoms with Crippen LogP contribution in [-0.2, 0) is 4.79 Å². The van der Waals surface area contributed by atoms with Gasteiger partial charge in [-0.1, -0.05) is 29.8 Å². The molecule has 0 aliphatic carbocycles. The van der Waals surface area contributed by atoms with Gasteiger partial charge in [0.05, 0.1) is 13.2 Å². The van der Waals surface area contributed by atoms with Crippen molar-refractivity contribution in [1.82, 2.24) is 5.32 Å². The Labute approximate surface area is 157 Å². The fraction of sp³-hybridized carbons (Fsp3) is 0.200. The Bertz CT molecular complexity index is 843. The third kappa shape index (κ3) is 5.54. The van der Waals surface area contributed by atoms with Gasteiger partial charge in [0, 0.05) is 11.1 Å². The Kier molecular flexibility index (Phi) is 7.07. The summed E-state index contributed by atoms with van der Waals surface area (Å²) in [4.78, 5) is 12.1. The SMILES string of the molecule is COc1cc(/C=C/C(=O)N[C@@H](C)c2cccc(Cl)c2)ccc1OCC#N. The van der Waals surface area contributed by atoms with Crippen LogP contribution in [0, 0.1) is 11.3 Å². The lowest BCUT2D eigenvalue weighted by Crippen LogP contribution is -2.24. The molecule has 0 aromatic heterocycles. The van der Waals surface area contributed by atoms with E-state index in [0.29, 0.717) is 16.5 Å². The van der Waals surface area contributed by atoms with Gasteiger partial charge in [-0.3, -0.25) is 4.79 Å². The number of amides is 1. The highest BCUT2D eigenvalue weighted by Gasteiger charge is 2.08. The highest BCUT2D eigenvalue weighted by Crippen LogP contribution is 2.28. The largest absolute Gasteiger partial charge is 0.493 e. The van der Waals surface area contributed by atoms with Crippen molar-refractivity contribution in [3.05, 3.63) is 64.7 Å². The molecule has 2 aromatic rings. The maximum atomic E-state index is 12.1. The van der Waals surface area contributed by atoms with Gasteiger partial charge in [0.1, 0.15) is 6.07 Å². The second-order valence-corrected chi connectivity index (χ2v) is 5.91. The standard InChI is InChI=1S/C20H19ClN2O3/c1-14(16-4-3-5-17(21)13-16)23-20(24)9-7-15-6-8-18(26-11-10-22)19(12-15)25-2/h3-9,12-14H,11H2,1-2H3,(H,23,24)/b9-7+/t14-/m0/s1. The van der Waals surface area contributed by atoms with Crippen LogP contribution in [0.15, 0.2) is 48.5 Å². The van der Waals surface area contributed by atoms with E-state index in [1.165, 1.54) is 13.2 Å². The lowest BCUT2D eigenvalue weighted by molar-refractivity contribution is -0.117. The topological polar surface area (TPSA) is 71.3 Å². The third-order valence-corrected chi connectivity index (χ3v) is 3.85. The van der Waals surface area contributed by atoms with E-state index in [1.54, 1.807) is 30.3 Å². The van der Waals surface area contributed by atoms with E-state index in [2.05, 4.69) is 5.32 Å². The molecule has 0 saturated carbocycles. The second-order valence-electron chi connectivity index (χ2n) is 5.48. The molecule has 1 amide bonds. The summed E-state index contributed by atoms with van der Waals surface area (Å²) in [5, 5.41) is 12.1. The Hall–Kier alpha value is -2.97. The van der Waals surface area contributed by atoms with Gasteiger partial charge in [-0.25, -0.2) is 0 Å². The molecule has 0 saturated heterocycles. The lowest BCUT2D eigenvalue weighted by atomic mass is 10.1. The highest BCUT2D eigenvalue weighted by atomic mass is 35.5. The summed E-state index contributed by atoms with van der Waals surface area (Å²) in [6.45, 7) is 1.83. The number of nitrogens with one attached hydrogen (secondary N) is 1. The highest BCUT2D eigenvalue weighted by molar-refractivity contribution is 6.30. The number of carbonyl (C=O) groups excluding carboxylic acids is 1. The number of benzene rings is 2. The minimum Gasteiger partial charge on any atom is -0.493 e. The molecule has 1 N–H and O–H groups in total. The van der Waals surface area contributed by atoms with Crippen LogP contribution in [0.25, 0.3) is 6.08 Å². The molecule has 1 atom stereocenters. The van der Waals surface area contributed by atoms with E-state index in [9.17, 15) is 4.79 Å². The Morgan fingerprint density at radius 3 is 2.81 bits per heavy atom. The molecule has 0 aliphatic rings. The summed E-state index contributed by atoms with van der Waals surface area (Å²) >= 11 is 5.97. The predicted octanol–water partition coefficient (Wildman–Crippen LogP) is 4.14. The number of hydrogen-bond acceptors (Lipinski definition) is 4. The van der Waals surface area contributed by atoms with Crippen molar-refractivity contribution in [3.8, 4) is 17.6 Å². The summed E-state index contributed by atoms with van der Waals surface area (Å²) in [6, 6.07) is 14.3. The van der Waals surface area contributed by atoms with Crippen LogP contribution in [-0.4, -0.2) is 19.6 Å². The zero-order chi connectivity index (χ0) is 18.9. The molecule has 0 unspecified atom stereocenters. The van der Waals surface area contributed by atoms with E-state index < -0.39 is 0 Å². The molecule has 0 radical (unpaired) electrons. The second kappa shape index (κ2) is 9.50. The van der Waals surface area contributed by atoms with E-state index >= 15 is 0 Å². The molecule has 0 fully saturated rings.